The first-order valence-corrected chi connectivity index (χ1v) is 9.66. The van der Waals surface area contributed by atoms with Gasteiger partial charge in [-0.2, -0.15) is 0 Å². The number of hydrogen-bond donors (Lipinski definition) is 1. The first-order chi connectivity index (χ1) is 12.7. The molecular formula is C23H26N2O. The molecule has 26 heavy (non-hydrogen) atoms. The third-order valence-corrected chi connectivity index (χ3v) is 5.39. The van der Waals surface area contributed by atoms with Crippen LogP contribution in [0.1, 0.15) is 41.4 Å². The second kappa shape index (κ2) is 7.46. The smallest absolute Gasteiger partial charge is 0.231 e. The number of nitrogens with zero attached hydrogens (tertiary/aromatic N) is 1. The van der Waals surface area contributed by atoms with Gasteiger partial charge in [0.1, 0.15) is 0 Å². The van der Waals surface area contributed by atoms with E-state index in [-0.39, 0.29) is 5.91 Å². The third-order valence-electron chi connectivity index (χ3n) is 5.39. The first kappa shape index (κ1) is 17.0. The topological polar surface area (TPSA) is 34.0 Å². The van der Waals surface area contributed by atoms with Gasteiger partial charge < -0.3 is 5.32 Å². The molecule has 1 aliphatic heterocycles. The van der Waals surface area contributed by atoms with Gasteiger partial charge in [-0.15, -0.1) is 0 Å². The highest BCUT2D eigenvalue weighted by Crippen LogP contribution is 2.30. The van der Waals surface area contributed by atoms with Gasteiger partial charge in [-0.05, 0) is 56.3 Å². The average Bonchev–Trinajstić information content (AvgIpc) is 2.98. The number of para-hydroxylation sites is 1. The fourth-order valence-corrected chi connectivity index (χ4v) is 4.19. The molecule has 1 unspecified atom stereocenters. The van der Waals surface area contributed by atoms with Crippen LogP contribution in [0.5, 0.6) is 0 Å². The van der Waals surface area contributed by atoms with Crippen LogP contribution in [-0.4, -0.2) is 23.1 Å². The minimum Gasteiger partial charge on any atom is -0.314 e. The molecule has 3 aromatic rings. The largest absolute Gasteiger partial charge is 0.314 e. The van der Waals surface area contributed by atoms with E-state index in [0.29, 0.717) is 12.5 Å². The molecular weight excluding hydrogens is 320 g/mol. The molecule has 0 bridgehead atoms. The molecule has 0 spiro atoms. The number of rotatable bonds is 6. The molecule has 3 nitrogen and oxygen atoms in total. The summed E-state index contributed by atoms with van der Waals surface area (Å²) in [7, 11) is 0. The summed E-state index contributed by atoms with van der Waals surface area (Å²) in [6, 6.07) is 19.4. The van der Waals surface area contributed by atoms with Gasteiger partial charge in [0.25, 0.3) is 0 Å². The summed E-state index contributed by atoms with van der Waals surface area (Å²) in [6.45, 7) is 3.17. The van der Waals surface area contributed by atoms with Gasteiger partial charge in [-0.1, -0.05) is 48.5 Å². The van der Waals surface area contributed by atoms with Crippen LogP contribution in [0.2, 0.25) is 0 Å². The van der Waals surface area contributed by atoms with Crippen molar-refractivity contribution in [2.45, 2.75) is 45.1 Å². The molecule has 0 saturated carbocycles. The van der Waals surface area contributed by atoms with Gasteiger partial charge in [-0.25, -0.2) is 0 Å². The van der Waals surface area contributed by atoms with Crippen LogP contribution in [0.25, 0.3) is 10.9 Å². The summed E-state index contributed by atoms with van der Waals surface area (Å²) in [5.74, 6) is 0.249. The lowest BCUT2D eigenvalue weighted by Gasteiger charge is -2.17. The number of benzene rings is 2. The van der Waals surface area contributed by atoms with E-state index in [0.717, 1.165) is 37.7 Å². The number of aromatic nitrogens is 1. The molecule has 2 heterocycles. The molecule has 0 aliphatic carbocycles. The molecule has 0 saturated heterocycles. The highest BCUT2D eigenvalue weighted by molar-refractivity contribution is 5.96. The zero-order valence-corrected chi connectivity index (χ0v) is 15.4. The zero-order chi connectivity index (χ0) is 17.9. The number of carbonyl (C=O) groups excluding carboxylic acids is 1. The van der Waals surface area contributed by atoms with Gasteiger partial charge >= 0.3 is 0 Å². The molecule has 134 valence electrons. The van der Waals surface area contributed by atoms with E-state index >= 15 is 0 Å². The Hall–Kier alpha value is -2.39. The van der Waals surface area contributed by atoms with E-state index in [1.165, 1.54) is 22.2 Å². The van der Waals surface area contributed by atoms with Crippen molar-refractivity contribution in [3.63, 3.8) is 0 Å². The second-order valence-electron chi connectivity index (χ2n) is 7.32. The highest BCUT2D eigenvalue weighted by Gasteiger charge is 2.24. The van der Waals surface area contributed by atoms with Crippen molar-refractivity contribution in [1.82, 2.24) is 9.88 Å². The first-order valence-electron chi connectivity index (χ1n) is 9.66. The van der Waals surface area contributed by atoms with Crippen molar-refractivity contribution < 1.29 is 4.79 Å². The molecule has 4 rings (SSSR count). The summed E-state index contributed by atoms with van der Waals surface area (Å²) in [4.78, 5) is 12.4. The lowest BCUT2D eigenvalue weighted by Crippen LogP contribution is -2.30. The molecule has 2 aromatic carbocycles. The maximum atomic E-state index is 12.4. The van der Waals surface area contributed by atoms with E-state index in [1.807, 2.05) is 10.6 Å². The van der Waals surface area contributed by atoms with Crippen molar-refractivity contribution in [2.24, 2.45) is 0 Å². The molecule has 3 heteroatoms. The Bertz CT molecular complexity index is 911. The predicted octanol–water partition coefficient (Wildman–Crippen LogP) is 4.38. The average molecular weight is 346 g/mol. The Morgan fingerprint density at radius 3 is 2.65 bits per heavy atom. The highest BCUT2D eigenvalue weighted by atomic mass is 16.2. The summed E-state index contributed by atoms with van der Waals surface area (Å²) >= 11 is 0. The molecule has 0 amide bonds. The Labute approximate surface area is 155 Å². The quantitative estimate of drug-likeness (QED) is 0.719. The van der Waals surface area contributed by atoms with E-state index < -0.39 is 0 Å². The number of carbonyl (C=O) groups is 1. The minimum absolute atomic E-state index is 0.249. The minimum atomic E-state index is 0.249. The van der Waals surface area contributed by atoms with Gasteiger partial charge in [0, 0.05) is 23.5 Å². The number of fused-ring (bicyclic) bond motifs is 3. The Morgan fingerprint density at radius 2 is 1.81 bits per heavy atom. The van der Waals surface area contributed by atoms with Crippen molar-refractivity contribution in [3.05, 3.63) is 71.4 Å². The van der Waals surface area contributed by atoms with Crippen LogP contribution < -0.4 is 5.32 Å². The number of hydrogen-bond acceptors (Lipinski definition) is 2. The maximum absolute atomic E-state index is 12.4. The van der Waals surface area contributed by atoms with E-state index in [1.54, 1.807) is 0 Å². The summed E-state index contributed by atoms with van der Waals surface area (Å²) in [5.41, 5.74) is 5.04. The van der Waals surface area contributed by atoms with Gasteiger partial charge in [0.15, 0.2) is 0 Å². The number of nitrogens with one attached hydrogen (secondary N) is 1. The van der Waals surface area contributed by atoms with Crippen molar-refractivity contribution in [3.8, 4) is 0 Å². The third kappa shape index (κ3) is 3.32. The molecule has 1 atom stereocenters. The summed E-state index contributed by atoms with van der Waals surface area (Å²) in [6.07, 6.45) is 4.65. The molecule has 1 aromatic heterocycles. The van der Waals surface area contributed by atoms with Crippen LogP contribution in [0, 0.1) is 0 Å². The van der Waals surface area contributed by atoms with Gasteiger partial charge in [0.2, 0.25) is 5.91 Å². The van der Waals surface area contributed by atoms with Crippen molar-refractivity contribution in [2.75, 3.05) is 6.54 Å². The predicted molar refractivity (Wildman–Crippen MR) is 107 cm³/mol. The maximum Gasteiger partial charge on any atom is 0.231 e. The molecule has 0 radical (unpaired) electrons. The zero-order valence-electron chi connectivity index (χ0n) is 15.4. The Kier molecular flexibility index (Phi) is 4.89. The monoisotopic (exact) mass is 346 g/mol. The Balaban J connectivity index is 1.48. The van der Waals surface area contributed by atoms with Crippen molar-refractivity contribution >= 4 is 16.8 Å². The van der Waals surface area contributed by atoms with Gasteiger partial charge in [-0.3, -0.25) is 9.36 Å². The molecule has 1 aliphatic rings. The summed E-state index contributed by atoms with van der Waals surface area (Å²) < 4.78 is 1.97. The SMILES string of the molecule is CC(Cc1ccccc1)NCCc1c2n(c3ccccc13)C(=O)CCC2. The Morgan fingerprint density at radius 1 is 1.04 bits per heavy atom. The van der Waals surface area contributed by atoms with E-state index in [2.05, 4.69) is 60.8 Å². The lowest BCUT2D eigenvalue weighted by atomic mass is 10.0. The van der Waals surface area contributed by atoms with Crippen LogP contribution in [0.3, 0.4) is 0 Å². The van der Waals surface area contributed by atoms with Crippen LogP contribution in [-0.2, 0) is 19.3 Å². The molecule has 1 N–H and O–H groups in total. The van der Waals surface area contributed by atoms with E-state index in [9.17, 15) is 4.79 Å². The second-order valence-corrected chi connectivity index (χ2v) is 7.32. The molecule has 0 fully saturated rings. The van der Waals surface area contributed by atoms with Crippen LogP contribution in [0.15, 0.2) is 54.6 Å². The van der Waals surface area contributed by atoms with Gasteiger partial charge in [0.05, 0.1) is 5.52 Å². The standard InChI is InChI=1S/C23H26N2O/c1-17(16-18-8-3-2-4-9-18)24-15-14-20-19-10-5-6-11-21(19)25-22(20)12-7-13-23(25)26/h2-6,8-11,17,24H,7,12-16H2,1H3. The van der Waals surface area contributed by atoms with Crippen LogP contribution in [0.4, 0.5) is 0 Å². The normalized spacial score (nSPS) is 15.2. The van der Waals surface area contributed by atoms with E-state index in [4.69, 9.17) is 0 Å². The summed E-state index contributed by atoms with van der Waals surface area (Å²) in [5, 5.41) is 4.90. The fraction of sp³-hybridized carbons (Fsp3) is 0.348. The van der Waals surface area contributed by atoms with Crippen LogP contribution >= 0.6 is 0 Å². The fourth-order valence-electron chi connectivity index (χ4n) is 4.19. The van der Waals surface area contributed by atoms with Crippen molar-refractivity contribution in [1.29, 1.82) is 0 Å². The lowest BCUT2D eigenvalue weighted by molar-refractivity contribution is 0.0889.